The molecule has 14 heavy (non-hydrogen) atoms. The molecule has 0 aromatic heterocycles. The third kappa shape index (κ3) is 3.39. The molecule has 1 rings (SSSR count). The van der Waals surface area contributed by atoms with Gasteiger partial charge in [-0.1, -0.05) is 18.2 Å². The van der Waals surface area contributed by atoms with Crippen LogP contribution in [0.3, 0.4) is 0 Å². The number of benzene rings is 1. The number of hydrogen-bond donors (Lipinski definition) is 1. The van der Waals surface area contributed by atoms with Crippen LogP contribution in [-0.2, 0) is 11.3 Å². The van der Waals surface area contributed by atoms with Gasteiger partial charge in [0, 0.05) is 0 Å². The summed E-state index contributed by atoms with van der Waals surface area (Å²) in [7, 11) is 0. The van der Waals surface area contributed by atoms with Crippen LogP contribution in [0.2, 0.25) is 0 Å². The predicted octanol–water partition coefficient (Wildman–Crippen LogP) is 2.90. The molecule has 0 aliphatic rings. The van der Waals surface area contributed by atoms with Crippen LogP contribution < -0.4 is 0 Å². The molecule has 0 bridgehead atoms. The van der Waals surface area contributed by atoms with Gasteiger partial charge in [0.15, 0.2) is 0 Å². The summed E-state index contributed by atoms with van der Waals surface area (Å²) in [4.78, 5) is 0. The highest BCUT2D eigenvalue weighted by Crippen LogP contribution is 2.05. The monoisotopic (exact) mass is 193 g/mol. The molecule has 3 heteroatoms. The second-order valence-electron chi connectivity index (χ2n) is 2.78. The molecule has 0 aliphatic heterocycles. The average molecular weight is 193 g/mol. The topological polar surface area (TPSA) is 33.1 Å². The zero-order chi connectivity index (χ0) is 10.4. The van der Waals surface area contributed by atoms with E-state index in [1.807, 2.05) is 0 Å². The summed E-state index contributed by atoms with van der Waals surface area (Å²) in [5.74, 6) is -0.208. The van der Waals surface area contributed by atoms with Gasteiger partial charge in [-0.3, -0.25) is 5.41 Å². The van der Waals surface area contributed by atoms with Crippen molar-refractivity contribution in [3.05, 3.63) is 47.8 Å². The number of ether oxygens (including phenoxy) is 1. The molecule has 0 unspecified atom stereocenters. The van der Waals surface area contributed by atoms with Crippen molar-refractivity contribution < 1.29 is 9.13 Å². The zero-order valence-corrected chi connectivity index (χ0v) is 7.96. The van der Waals surface area contributed by atoms with Crippen LogP contribution in [0.5, 0.6) is 0 Å². The van der Waals surface area contributed by atoms with Crippen molar-refractivity contribution in [2.24, 2.45) is 0 Å². The molecule has 1 N–H and O–H groups in total. The maximum absolute atomic E-state index is 12.7. The Hall–Kier alpha value is -1.64. The van der Waals surface area contributed by atoms with Crippen molar-refractivity contribution in [3.63, 3.8) is 0 Å². The van der Waals surface area contributed by atoms with Gasteiger partial charge in [0.25, 0.3) is 0 Å². The molecule has 0 spiro atoms. The van der Waals surface area contributed by atoms with Crippen molar-refractivity contribution >= 4 is 5.90 Å². The molecule has 0 aliphatic carbocycles. The molecular formula is C11H12FNO. The van der Waals surface area contributed by atoms with Crippen LogP contribution in [0, 0.1) is 11.2 Å². The maximum atomic E-state index is 12.7. The minimum atomic E-state index is -0.288. The number of halogens is 1. The third-order valence-corrected chi connectivity index (χ3v) is 1.60. The van der Waals surface area contributed by atoms with Gasteiger partial charge in [-0.25, -0.2) is 4.39 Å². The molecule has 0 amide bonds. The fourth-order valence-electron chi connectivity index (χ4n) is 0.987. The Labute approximate surface area is 82.5 Å². The summed E-state index contributed by atoms with van der Waals surface area (Å²) in [6, 6.07) is 6.14. The Morgan fingerprint density at radius 1 is 1.57 bits per heavy atom. The Kier molecular flexibility index (Phi) is 3.85. The average Bonchev–Trinajstić information content (AvgIpc) is 2.15. The Morgan fingerprint density at radius 2 is 2.36 bits per heavy atom. The molecular weight excluding hydrogens is 181 g/mol. The van der Waals surface area contributed by atoms with Crippen LogP contribution in [0.4, 0.5) is 4.39 Å². The highest BCUT2D eigenvalue weighted by atomic mass is 19.1. The largest absolute Gasteiger partial charge is 0.473 e. The van der Waals surface area contributed by atoms with E-state index in [1.54, 1.807) is 31.2 Å². The van der Waals surface area contributed by atoms with Crippen LogP contribution >= 0.6 is 0 Å². The number of hydrogen-bond acceptors (Lipinski definition) is 2. The summed E-state index contributed by atoms with van der Waals surface area (Å²) in [5.41, 5.74) is 0.722. The zero-order valence-electron chi connectivity index (χ0n) is 7.96. The van der Waals surface area contributed by atoms with E-state index in [4.69, 9.17) is 10.1 Å². The Bertz CT molecular complexity index is 347. The second kappa shape index (κ2) is 5.17. The fourth-order valence-corrected chi connectivity index (χ4v) is 0.987. The summed E-state index contributed by atoms with van der Waals surface area (Å²) >= 11 is 0. The minimum absolute atomic E-state index is 0.0803. The van der Waals surface area contributed by atoms with Gasteiger partial charge in [0.2, 0.25) is 5.90 Å². The SMILES string of the molecule is C/C=C\C(=N)OCc1cccc(F)c1. The van der Waals surface area contributed by atoms with Crippen LogP contribution in [0.25, 0.3) is 0 Å². The van der Waals surface area contributed by atoms with Crippen molar-refractivity contribution in [3.8, 4) is 0 Å². The molecule has 1 aromatic carbocycles. The van der Waals surface area contributed by atoms with Gasteiger partial charge < -0.3 is 4.74 Å². The first-order chi connectivity index (χ1) is 6.72. The fraction of sp³-hybridized carbons (Fsp3) is 0.182. The molecule has 0 radical (unpaired) electrons. The van der Waals surface area contributed by atoms with Gasteiger partial charge in [-0.15, -0.1) is 0 Å². The van der Waals surface area contributed by atoms with E-state index in [1.165, 1.54) is 12.1 Å². The Morgan fingerprint density at radius 3 is 3.00 bits per heavy atom. The van der Waals surface area contributed by atoms with E-state index in [9.17, 15) is 4.39 Å². The number of allylic oxidation sites excluding steroid dienone is 1. The van der Waals surface area contributed by atoms with Crippen LogP contribution in [-0.4, -0.2) is 5.90 Å². The lowest BCUT2D eigenvalue weighted by Gasteiger charge is -2.03. The number of rotatable bonds is 3. The molecule has 0 atom stereocenters. The van der Waals surface area contributed by atoms with Gasteiger partial charge in [-0.05, 0) is 30.7 Å². The first kappa shape index (κ1) is 10.4. The lowest BCUT2D eigenvalue weighted by Crippen LogP contribution is -1.99. The number of nitrogens with one attached hydrogen (secondary N) is 1. The summed E-state index contributed by atoms with van der Waals surface area (Å²) in [5, 5.41) is 7.29. The summed E-state index contributed by atoms with van der Waals surface area (Å²) in [6.45, 7) is 2.03. The highest BCUT2D eigenvalue weighted by Gasteiger charge is 1.96. The Balaban J connectivity index is 2.49. The van der Waals surface area contributed by atoms with Crippen molar-refractivity contribution in [1.29, 1.82) is 5.41 Å². The van der Waals surface area contributed by atoms with Gasteiger partial charge in [-0.2, -0.15) is 0 Å². The molecule has 0 saturated heterocycles. The lowest BCUT2D eigenvalue weighted by atomic mass is 10.2. The smallest absolute Gasteiger partial charge is 0.205 e. The highest BCUT2D eigenvalue weighted by molar-refractivity contribution is 5.84. The van der Waals surface area contributed by atoms with E-state index < -0.39 is 0 Å². The predicted molar refractivity (Wildman–Crippen MR) is 53.7 cm³/mol. The lowest BCUT2D eigenvalue weighted by molar-refractivity contribution is 0.292. The molecule has 0 heterocycles. The molecule has 1 aromatic rings. The van der Waals surface area contributed by atoms with Crippen molar-refractivity contribution in [1.82, 2.24) is 0 Å². The van der Waals surface area contributed by atoms with Crippen molar-refractivity contribution in [2.45, 2.75) is 13.5 Å². The molecule has 0 saturated carbocycles. The molecule has 2 nitrogen and oxygen atoms in total. The normalized spacial score (nSPS) is 10.4. The van der Waals surface area contributed by atoms with Gasteiger partial charge >= 0.3 is 0 Å². The molecule has 74 valence electrons. The van der Waals surface area contributed by atoms with Crippen LogP contribution in [0.15, 0.2) is 36.4 Å². The first-order valence-corrected chi connectivity index (χ1v) is 4.31. The quantitative estimate of drug-likeness (QED) is 0.581. The standard InChI is InChI=1S/C11H12FNO/c1-2-4-11(13)14-8-9-5-3-6-10(12)7-9/h2-7,13H,8H2,1H3/b4-2-,13-11?. The second-order valence-corrected chi connectivity index (χ2v) is 2.78. The maximum Gasteiger partial charge on any atom is 0.205 e. The minimum Gasteiger partial charge on any atom is -0.473 e. The van der Waals surface area contributed by atoms with Crippen molar-refractivity contribution in [2.75, 3.05) is 0 Å². The van der Waals surface area contributed by atoms with E-state index in [-0.39, 0.29) is 18.3 Å². The van der Waals surface area contributed by atoms with Crippen LogP contribution in [0.1, 0.15) is 12.5 Å². The summed E-state index contributed by atoms with van der Waals surface area (Å²) in [6.07, 6.45) is 3.26. The molecule has 0 fully saturated rings. The van der Waals surface area contributed by atoms with E-state index >= 15 is 0 Å². The van der Waals surface area contributed by atoms with Gasteiger partial charge in [0.05, 0.1) is 0 Å². The van der Waals surface area contributed by atoms with E-state index in [0.717, 1.165) is 5.56 Å². The van der Waals surface area contributed by atoms with E-state index in [0.29, 0.717) is 0 Å². The third-order valence-electron chi connectivity index (χ3n) is 1.60. The first-order valence-electron chi connectivity index (χ1n) is 4.31. The van der Waals surface area contributed by atoms with E-state index in [2.05, 4.69) is 0 Å². The summed E-state index contributed by atoms with van der Waals surface area (Å²) < 4.78 is 17.8. The van der Waals surface area contributed by atoms with Gasteiger partial charge in [0.1, 0.15) is 12.4 Å².